The monoisotopic (exact) mass is 251 g/mol. The first kappa shape index (κ1) is 12.7. The summed E-state index contributed by atoms with van der Waals surface area (Å²) in [5.41, 5.74) is 0.101. The van der Waals surface area contributed by atoms with E-state index in [1.54, 1.807) is 0 Å². The molecule has 1 fully saturated rings. The molecule has 1 aliphatic rings. The predicted octanol–water partition coefficient (Wildman–Crippen LogP) is 1.60. The van der Waals surface area contributed by atoms with Gasteiger partial charge in [0.25, 0.3) is 0 Å². The summed E-state index contributed by atoms with van der Waals surface area (Å²) >= 11 is 0. The summed E-state index contributed by atoms with van der Waals surface area (Å²) in [6.07, 6.45) is 0. The van der Waals surface area contributed by atoms with Crippen molar-refractivity contribution in [2.45, 2.75) is 6.92 Å². The van der Waals surface area contributed by atoms with Crippen LogP contribution in [-0.4, -0.2) is 37.4 Å². The van der Waals surface area contributed by atoms with Gasteiger partial charge in [-0.25, -0.2) is 0 Å². The fourth-order valence-corrected chi connectivity index (χ4v) is 1.76. The van der Waals surface area contributed by atoms with Crippen molar-refractivity contribution in [3.63, 3.8) is 0 Å². The van der Waals surface area contributed by atoms with Crippen LogP contribution in [0.4, 0.5) is 5.69 Å². The zero-order valence-corrected chi connectivity index (χ0v) is 10.3. The molecule has 0 aliphatic carbocycles. The Morgan fingerprint density at radius 1 is 1.44 bits per heavy atom. The van der Waals surface area contributed by atoms with Crippen LogP contribution in [0.1, 0.15) is 6.92 Å². The molecule has 0 aromatic heterocycles. The highest BCUT2D eigenvalue weighted by atomic mass is 16.5. The van der Waals surface area contributed by atoms with Crippen molar-refractivity contribution >= 4 is 11.7 Å². The lowest BCUT2D eigenvalue weighted by Crippen LogP contribution is -2.53. The first-order valence-electron chi connectivity index (χ1n) is 5.94. The summed E-state index contributed by atoms with van der Waals surface area (Å²) in [4.78, 5) is 11.1. The number of aliphatic carboxylic acids is 1. The van der Waals surface area contributed by atoms with Crippen molar-refractivity contribution in [2.75, 3.05) is 31.7 Å². The maximum atomic E-state index is 11.1. The summed E-state index contributed by atoms with van der Waals surface area (Å²) in [7, 11) is 0. The van der Waals surface area contributed by atoms with E-state index in [4.69, 9.17) is 14.6 Å². The Labute approximate surface area is 106 Å². The minimum absolute atomic E-state index is 0.270. The Morgan fingerprint density at radius 2 is 2.11 bits per heavy atom. The Morgan fingerprint density at radius 3 is 2.56 bits per heavy atom. The van der Waals surface area contributed by atoms with E-state index in [0.717, 1.165) is 11.4 Å². The molecule has 1 aromatic carbocycles. The topological polar surface area (TPSA) is 67.8 Å². The van der Waals surface area contributed by atoms with E-state index >= 15 is 0 Å². The SMILES string of the molecule is CCOc1ccc(NCC2(C(=O)O)COC2)cc1. The van der Waals surface area contributed by atoms with Gasteiger partial charge in [-0.05, 0) is 31.2 Å². The number of anilines is 1. The summed E-state index contributed by atoms with van der Waals surface area (Å²) in [6, 6.07) is 7.47. The van der Waals surface area contributed by atoms with Crippen LogP contribution >= 0.6 is 0 Å². The van der Waals surface area contributed by atoms with Crippen LogP contribution in [0.2, 0.25) is 0 Å². The Hall–Kier alpha value is -1.75. The molecule has 0 atom stereocenters. The van der Waals surface area contributed by atoms with Gasteiger partial charge in [-0.1, -0.05) is 0 Å². The van der Waals surface area contributed by atoms with Crippen molar-refractivity contribution in [3.05, 3.63) is 24.3 Å². The molecule has 18 heavy (non-hydrogen) atoms. The van der Waals surface area contributed by atoms with Gasteiger partial charge in [-0.15, -0.1) is 0 Å². The third kappa shape index (κ3) is 2.56. The molecular weight excluding hydrogens is 234 g/mol. The maximum absolute atomic E-state index is 11.1. The lowest BCUT2D eigenvalue weighted by atomic mass is 9.86. The van der Waals surface area contributed by atoms with Gasteiger partial charge in [-0.3, -0.25) is 4.79 Å². The minimum atomic E-state index is -0.813. The quantitative estimate of drug-likeness (QED) is 0.803. The smallest absolute Gasteiger partial charge is 0.316 e. The van der Waals surface area contributed by atoms with Crippen molar-refractivity contribution in [2.24, 2.45) is 5.41 Å². The number of rotatable bonds is 6. The molecule has 0 radical (unpaired) electrons. The fourth-order valence-electron chi connectivity index (χ4n) is 1.76. The number of hydrogen-bond donors (Lipinski definition) is 2. The molecule has 2 rings (SSSR count). The molecule has 98 valence electrons. The molecule has 1 aliphatic heterocycles. The van der Waals surface area contributed by atoms with Crippen LogP contribution in [0, 0.1) is 5.41 Å². The zero-order chi connectivity index (χ0) is 13.0. The van der Waals surface area contributed by atoms with Crippen LogP contribution in [0.5, 0.6) is 5.75 Å². The van der Waals surface area contributed by atoms with E-state index in [-0.39, 0.29) is 13.2 Å². The molecule has 5 heteroatoms. The molecule has 0 saturated carbocycles. The number of benzene rings is 1. The van der Waals surface area contributed by atoms with E-state index in [0.29, 0.717) is 13.2 Å². The first-order chi connectivity index (χ1) is 8.66. The average molecular weight is 251 g/mol. The van der Waals surface area contributed by atoms with Gasteiger partial charge in [0, 0.05) is 12.2 Å². The normalized spacial score (nSPS) is 16.7. The van der Waals surface area contributed by atoms with Gasteiger partial charge in [0.15, 0.2) is 0 Å². The number of carbonyl (C=O) groups is 1. The molecule has 0 bridgehead atoms. The molecule has 1 heterocycles. The van der Waals surface area contributed by atoms with Gasteiger partial charge in [0.2, 0.25) is 0 Å². The minimum Gasteiger partial charge on any atom is -0.494 e. The van der Waals surface area contributed by atoms with Gasteiger partial charge in [-0.2, -0.15) is 0 Å². The second kappa shape index (κ2) is 5.27. The molecule has 0 amide bonds. The van der Waals surface area contributed by atoms with Gasteiger partial charge >= 0.3 is 5.97 Å². The maximum Gasteiger partial charge on any atom is 0.316 e. The third-order valence-electron chi connectivity index (χ3n) is 3.01. The van der Waals surface area contributed by atoms with Crippen molar-refractivity contribution < 1.29 is 19.4 Å². The highest BCUT2D eigenvalue weighted by Gasteiger charge is 2.46. The van der Waals surface area contributed by atoms with Gasteiger partial charge in [0.1, 0.15) is 11.2 Å². The van der Waals surface area contributed by atoms with E-state index in [1.807, 2.05) is 31.2 Å². The summed E-state index contributed by atoms with van der Waals surface area (Å²) in [5.74, 6) is -0.00448. The highest BCUT2D eigenvalue weighted by Crippen LogP contribution is 2.28. The molecule has 5 nitrogen and oxygen atoms in total. The van der Waals surface area contributed by atoms with Crippen LogP contribution < -0.4 is 10.1 Å². The van der Waals surface area contributed by atoms with Crippen molar-refractivity contribution in [3.8, 4) is 5.75 Å². The molecule has 0 unspecified atom stereocenters. The molecule has 2 N–H and O–H groups in total. The predicted molar refractivity (Wildman–Crippen MR) is 67.0 cm³/mol. The van der Waals surface area contributed by atoms with Gasteiger partial charge < -0.3 is 19.9 Å². The van der Waals surface area contributed by atoms with Crippen LogP contribution in [0.3, 0.4) is 0 Å². The van der Waals surface area contributed by atoms with E-state index < -0.39 is 11.4 Å². The standard InChI is InChI=1S/C13H17NO4/c1-2-18-11-5-3-10(4-6-11)14-7-13(12(15)16)8-17-9-13/h3-6,14H,2,7-9H2,1H3,(H,15,16). The first-order valence-corrected chi connectivity index (χ1v) is 5.94. The van der Waals surface area contributed by atoms with E-state index in [9.17, 15) is 4.79 Å². The lowest BCUT2D eigenvalue weighted by Gasteiger charge is -2.37. The Bertz CT molecular complexity index is 412. The van der Waals surface area contributed by atoms with Crippen LogP contribution in [0.25, 0.3) is 0 Å². The molecule has 1 aromatic rings. The number of nitrogens with one attached hydrogen (secondary N) is 1. The van der Waals surface area contributed by atoms with Gasteiger partial charge in [0.05, 0.1) is 19.8 Å². The summed E-state index contributed by atoms with van der Waals surface area (Å²) < 4.78 is 10.3. The number of carboxylic acids is 1. The fraction of sp³-hybridized carbons (Fsp3) is 0.462. The number of hydrogen-bond acceptors (Lipinski definition) is 4. The number of ether oxygens (including phenoxy) is 2. The second-order valence-corrected chi connectivity index (χ2v) is 4.39. The summed E-state index contributed by atoms with van der Waals surface area (Å²) in [5, 5.41) is 12.3. The van der Waals surface area contributed by atoms with E-state index in [1.165, 1.54) is 0 Å². The summed E-state index contributed by atoms with van der Waals surface area (Å²) in [6.45, 7) is 3.47. The Kier molecular flexibility index (Phi) is 3.72. The second-order valence-electron chi connectivity index (χ2n) is 4.39. The molecule has 1 saturated heterocycles. The molecular formula is C13H17NO4. The highest BCUT2D eigenvalue weighted by molar-refractivity contribution is 5.77. The third-order valence-corrected chi connectivity index (χ3v) is 3.01. The average Bonchev–Trinajstić information content (AvgIpc) is 2.30. The lowest BCUT2D eigenvalue weighted by molar-refractivity contribution is -0.176. The van der Waals surface area contributed by atoms with Crippen LogP contribution in [0.15, 0.2) is 24.3 Å². The van der Waals surface area contributed by atoms with Crippen LogP contribution in [-0.2, 0) is 9.53 Å². The van der Waals surface area contributed by atoms with Crippen molar-refractivity contribution in [1.82, 2.24) is 0 Å². The Balaban J connectivity index is 1.91. The van der Waals surface area contributed by atoms with E-state index in [2.05, 4.69) is 5.32 Å². The number of carboxylic acid groups (broad SMARTS) is 1. The largest absolute Gasteiger partial charge is 0.494 e. The molecule has 0 spiro atoms. The zero-order valence-electron chi connectivity index (χ0n) is 10.3. The van der Waals surface area contributed by atoms with Crippen molar-refractivity contribution in [1.29, 1.82) is 0 Å².